The van der Waals surface area contributed by atoms with Crippen LogP contribution in [0.25, 0.3) is 11.4 Å². The molecule has 5 nitrogen and oxygen atoms in total. The van der Waals surface area contributed by atoms with E-state index in [9.17, 15) is 4.79 Å². The van der Waals surface area contributed by atoms with E-state index in [2.05, 4.69) is 15.4 Å². The number of nitrogens with one attached hydrogen (secondary N) is 1. The predicted molar refractivity (Wildman–Crippen MR) is 103 cm³/mol. The first-order valence-corrected chi connectivity index (χ1v) is 9.12. The zero-order valence-corrected chi connectivity index (χ0v) is 14.7. The number of benzene rings is 1. The Morgan fingerprint density at radius 1 is 1.04 bits per heavy atom. The number of thiophene rings is 1. The predicted octanol–water partition coefficient (Wildman–Crippen LogP) is 4.31. The number of carbonyl (C=O) groups excluding carboxylic acids is 1. The second-order valence-electron chi connectivity index (χ2n) is 5.70. The minimum Gasteiger partial charge on any atom is -0.366 e. The van der Waals surface area contributed by atoms with Crippen LogP contribution in [-0.2, 0) is 6.54 Å². The van der Waals surface area contributed by atoms with Gasteiger partial charge in [-0.1, -0.05) is 36.4 Å². The standard InChI is InChI=1S/C20H16N4OS/c25-20(16-9-11-26-14-16)24-19(22-13-15-6-2-1-3-7-15)12-18(23-24)17-8-4-5-10-21-17/h1-12,14,22H,13H2. The fourth-order valence-corrected chi connectivity index (χ4v) is 3.23. The van der Waals surface area contributed by atoms with Crippen molar-refractivity contribution in [2.45, 2.75) is 6.54 Å². The van der Waals surface area contributed by atoms with Gasteiger partial charge in [0.25, 0.3) is 5.91 Å². The molecule has 3 heterocycles. The Morgan fingerprint density at radius 3 is 2.62 bits per heavy atom. The van der Waals surface area contributed by atoms with E-state index in [1.165, 1.54) is 16.0 Å². The largest absolute Gasteiger partial charge is 0.366 e. The molecule has 1 aromatic carbocycles. The van der Waals surface area contributed by atoms with E-state index >= 15 is 0 Å². The smallest absolute Gasteiger partial charge is 0.280 e. The summed E-state index contributed by atoms with van der Waals surface area (Å²) in [7, 11) is 0. The fraction of sp³-hybridized carbons (Fsp3) is 0.0500. The lowest BCUT2D eigenvalue weighted by Crippen LogP contribution is -2.16. The van der Waals surface area contributed by atoms with Crippen molar-refractivity contribution in [1.82, 2.24) is 14.8 Å². The highest BCUT2D eigenvalue weighted by molar-refractivity contribution is 7.08. The summed E-state index contributed by atoms with van der Waals surface area (Å²) in [5, 5.41) is 11.5. The monoisotopic (exact) mass is 360 g/mol. The highest BCUT2D eigenvalue weighted by Gasteiger charge is 2.17. The average molecular weight is 360 g/mol. The van der Waals surface area contributed by atoms with Gasteiger partial charge in [-0.2, -0.15) is 21.1 Å². The number of hydrogen-bond donors (Lipinski definition) is 1. The van der Waals surface area contributed by atoms with E-state index in [1.807, 2.05) is 65.4 Å². The maximum Gasteiger partial charge on any atom is 0.280 e. The lowest BCUT2D eigenvalue weighted by atomic mass is 10.2. The molecule has 0 saturated carbocycles. The molecular weight excluding hydrogens is 344 g/mol. The van der Waals surface area contributed by atoms with Crippen LogP contribution in [0, 0.1) is 0 Å². The third-order valence-electron chi connectivity index (χ3n) is 3.91. The fourth-order valence-electron chi connectivity index (χ4n) is 2.60. The molecule has 0 spiro atoms. The van der Waals surface area contributed by atoms with E-state index in [1.54, 1.807) is 12.3 Å². The minimum atomic E-state index is -0.163. The topological polar surface area (TPSA) is 59.8 Å². The summed E-state index contributed by atoms with van der Waals surface area (Å²) in [6.07, 6.45) is 1.71. The summed E-state index contributed by atoms with van der Waals surface area (Å²) in [4.78, 5) is 17.2. The van der Waals surface area contributed by atoms with Gasteiger partial charge < -0.3 is 5.32 Å². The van der Waals surface area contributed by atoms with Gasteiger partial charge in [-0.15, -0.1) is 0 Å². The number of nitrogens with zero attached hydrogens (tertiary/aromatic N) is 3. The van der Waals surface area contributed by atoms with Crippen molar-refractivity contribution in [3.05, 3.63) is 88.7 Å². The first-order valence-electron chi connectivity index (χ1n) is 8.17. The Labute approximate surface area is 155 Å². The molecule has 0 fully saturated rings. The van der Waals surface area contributed by atoms with Gasteiger partial charge in [0.15, 0.2) is 0 Å². The Balaban J connectivity index is 1.68. The lowest BCUT2D eigenvalue weighted by Gasteiger charge is -2.08. The van der Waals surface area contributed by atoms with Gasteiger partial charge in [0, 0.05) is 24.2 Å². The molecule has 3 aromatic heterocycles. The van der Waals surface area contributed by atoms with Gasteiger partial charge in [0.2, 0.25) is 0 Å². The summed E-state index contributed by atoms with van der Waals surface area (Å²) in [5.74, 6) is 0.481. The summed E-state index contributed by atoms with van der Waals surface area (Å²) in [6, 6.07) is 19.3. The van der Waals surface area contributed by atoms with Crippen LogP contribution >= 0.6 is 11.3 Å². The van der Waals surface area contributed by atoms with Gasteiger partial charge in [-0.3, -0.25) is 9.78 Å². The molecule has 1 N–H and O–H groups in total. The van der Waals surface area contributed by atoms with Crippen LogP contribution in [0.1, 0.15) is 15.9 Å². The number of carbonyl (C=O) groups is 1. The first-order chi connectivity index (χ1) is 12.8. The molecule has 6 heteroatoms. The maximum atomic E-state index is 12.8. The molecule has 4 aromatic rings. The number of aromatic nitrogens is 3. The molecule has 26 heavy (non-hydrogen) atoms. The Kier molecular flexibility index (Phi) is 4.57. The van der Waals surface area contributed by atoms with Crippen LogP contribution in [0.4, 0.5) is 5.82 Å². The van der Waals surface area contributed by atoms with Crippen LogP contribution in [0.15, 0.2) is 77.6 Å². The molecule has 0 aliphatic carbocycles. The van der Waals surface area contributed by atoms with Crippen molar-refractivity contribution in [3.8, 4) is 11.4 Å². The normalized spacial score (nSPS) is 10.6. The molecule has 0 amide bonds. The zero-order chi connectivity index (χ0) is 17.8. The van der Waals surface area contributed by atoms with Crippen molar-refractivity contribution >= 4 is 23.1 Å². The number of pyridine rings is 1. The van der Waals surface area contributed by atoms with Crippen molar-refractivity contribution in [3.63, 3.8) is 0 Å². The minimum absolute atomic E-state index is 0.163. The third kappa shape index (κ3) is 3.41. The summed E-state index contributed by atoms with van der Waals surface area (Å²) < 4.78 is 1.41. The zero-order valence-electron chi connectivity index (χ0n) is 13.9. The van der Waals surface area contributed by atoms with E-state index in [4.69, 9.17) is 0 Å². The van der Waals surface area contributed by atoms with Crippen molar-refractivity contribution in [2.75, 3.05) is 5.32 Å². The van der Waals surface area contributed by atoms with Crippen molar-refractivity contribution < 1.29 is 4.79 Å². The van der Waals surface area contributed by atoms with Crippen molar-refractivity contribution in [2.24, 2.45) is 0 Å². The van der Waals surface area contributed by atoms with Gasteiger partial charge in [0.05, 0.1) is 11.3 Å². The van der Waals surface area contributed by atoms with Gasteiger partial charge in [0.1, 0.15) is 11.5 Å². The van der Waals surface area contributed by atoms with E-state index in [0.29, 0.717) is 23.6 Å². The van der Waals surface area contributed by atoms with Crippen LogP contribution < -0.4 is 5.32 Å². The molecule has 0 unspecified atom stereocenters. The molecular formula is C20H16N4OS. The number of rotatable bonds is 5. The van der Waals surface area contributed by atoms with Gasteiger partial charge >= 0.3 is 0 Å². The quantitative estimate of drug-likeness (QED) is 0.576. The van der Waals surface area contributed by atoms with Crippen LogP contribution in [0.3, 0.4) is 0 Å². The first kappa shape index (κ1) is 16.2. The van der Waals surface area contributed by atoms with Crippen LogP contribution in [0.2, 0.25) is 0 Å². The molecule has 128 valence electrons. The van der Waals surface area contributed by atoms with Crippen LogP contribution in [-0.4, -0.2) is 20.7 Å². The van der Waals surface area contributed by atoms with E-state index < -0.39 is 0 Å². The number of anilines is 1. The molecule has 0 bridgehead atoms. The molecule has 0 saturated heterocycles. The maximum absolute atomic E-state index is 12.8. The number of hydrogen-bond acceptors (Lipinski definition) is 5. The van der Waals surface area contributed by atoms with Crippen LogP contribution in [0.5, 0.6) is 0 Å². The van der Waals surface area contributed by atoms with Gasteiger partial charge in [-0.05, 0) is 29.1 Å². The van der Waals surface area contributed by atoms with Crippen molar-refractivity contribution in [1.29, 1.82) is 0 Å². The highest BCUT2D eigenvalue weighted by atomic mass is 32.1. The third-order valence-corrected chi connectivity index (χ3v) is 4.60. The second-order valence-corrected chi connectivity index (χ2v) is 6.48. The molecule has 0 aliphatic rings. The Hall–Kier alpha value is -3.25. The van der Waals surface area contributed by atoms with E-state index in [-0.39, 0.29) is 5.91 Å². The SMILES string of the molecule is O=C(c1ccsc1)n1nc(-c2ccccn2)cc1NCc1ccccc1. The summed E-state index contributed by atoms with van der Waals surface area (Å²) in [6.45, 7) is 0.602. The second kappa shape index (κ2) is 7.33. The highest BCUT2D eigenvalue weighted by Crippen LogP contribution is 2.22. The molecule has 0 radical (unpaired) electrons. The molecule has 4 rings (SSSR count). The van der Waals surface area contributed by atoms with Gasteiger partial charge in [-0.25, -0.2) is 0 Å². The summed E-state index contributed by atoms with van der Waals surface area (Å²) in [5.41, 5.74) is 3.13. The average Bonchev–Trinajstić information content (AvgIpc) is 3.38. The Morgan fingerprint density at radius 2 is 1.88 bits per heavy atom. The molecule has 0 aliphatic heterocycles. The molecule has 0 atom stereocenters. The summed E-state index contributed by atoms with van der Waals surface area (Å²) >= 11 is 1.49. The lowest BCUT2D eigenvalue weighted by molar-refractivity contribution is 0.0948. The van der Waals surface area contributed by atoms with E-state index in [0.717, 1.165) is 11.3 Å². The Bertz CT molecular complexity index is 995.